The van der Waals surface area contributed by atoms with Crippen LogP contribution in [0, 0.1) is 13.8 Å². The van der Waals surface area contributed by atoms with Gasteiger partial charge in [-0.3, -0.25) is 10.1 Å². The average molecular weight is 250 g/mol. The summed E-state index contributed by atoms with van der Waals surface area (Å²) in [6.45, 7) is 6.03. The van der Waals surface area contributed by atoms with Crippen molar-refractivity contribution in [2.24, 2.45) is 0 Å². The van der Waals surface area contributed by atoms with E-state index in [1.165, 1.54) is 4.68 Å². The van der Waals surface area contributed by atoms with Crippen LogP contribution in [0.2, 0.25) is 0 Å². The van der Waals surface area contributed by atoms with Crippen LogP contribution in [0.5, 0.6) is 0 Å². The molecule has 8 heteroatoms. The highest BCUT2D eigenvalue weighted by Crippen LogP contribution is 2.11. The molecule has 0 spiro atoms. The third-order valence-corrected chi connectivity index (χ3v) is 2.30. The molecule has 0 aliphatic heterocycles. The molecule has 0 aliphatic carbocycles. The molecule has 96 valence electrons. The summed E-state index contributed by atoms with van der Waals surface area (Å²) in [5.74, 6) is 0.528. The van der Waals surface area contributed by atoms with Crippen molar-refractivity contribution in [2.45, 2.75) is 33.7 Å². The van der Waals surface area contributed by atoms with Crippen molar-refractivity contribution in [3.05, 3.63) is 17.3 Å². The molecule has 18 heavy (non-hydrogen) atoms. The number of hydrogen-bond acceptors (Lipinski definition) is 6. The van der Waals surface area contributed by atoms with Crippen LogP contribution in [0.1, 0.15) is 35.5 Å². The highest BCUT2D eigenvalue weighted by molar-refractivity contribution is 6.01. The van der Waals surface area contributed by atoms with Crippen molar-refractivity contribution in [3.63, 3.8) is 0 Å². The van der Waals surface area contributed by atoms with E-state index in [4.69, 9.17) is 4.42 Å². The van der Waals surface area contributed by atoms with E-state index in [-0.39, 0.29) is 5.76 Å². The molecule has 0 saturated heterocycles. The molecule has 0 aromatic carbocycles. The van der Waals surface area contributed by atoms with Crippen LogP contribution in [-0.4, -0.2) is 31.1 Å². The summed E-state index contributed by atoms with van der Waals surface area (Å²) in [6.07, 6.45) is 0.869. The molecule has 1 N–H and O–H groups in total. The Kier molecular flexibility index (Phi) is 3.35. The SMILES string of the molecule is CCCn1nnnc1NC(=O)c1oc(C)nc1C. The normalized spacial score (nSPS) is 10.6. The van der Waals surface area contributed by atoms with E-state index >= 15 is 0 Å². The molecule has 0 unspecified atom stereocenters. The van der Waals surface area contributed by atoms with Crippen LogP contribution in [0.3, 0.4) is 0 Å². The molecule has 2 aromatic rings. The van der Waals surface area contributed by atoms with E-state index in [2.05, 4.69) is 25.8 Å². The molecule has 2 rings (SSSR count). The van der Waals surface area contributed by atoms with Gasteiger partial charge < -0.3 is 4.42 Å². The lowest BCUT2D eigenvalue weighted by Gasteiger charge is -2.03. The third kappa shape index (κ3) is 2.36. The molecule has 0 radical (unpaired) electrons. The highest BCUT2D eigenvalue weighted by atomic mass is 16.4. The Bertz CT molecular complexity index is 558. The zero-order valence-electron chi connectivity index (χ0n) is 10.5. The summed E-state index contributed by atoms with van der Waals surface area (Å²) in [6, 6.07) is 0. The molecule has 8 nitrogen and oxygen atoms in total. The quantitative estimate of drug-likeness (QED) is 0.867. The number of rotatable bonds is 4. The summed E-state index contributed by atoms with van der Waals surface area (Å²) in [4.78, 5) is 16.0. The molecule has 0 saturated carbocycles. The summed E-state index contributed by atoms with van der Waals surface area (Å²) >= 11 is 0. The van der Waals surface area contributed by atoms with Gasteiger partial charge in [-0.2, -0.15) is 0 Å². The van der Waals surface area contributed by atoms with Crippen LogP contribution in [0.15, 0.2) is 4.42 Å². The first-order valence-corrected chi connectivity index (χ1v) is 5.63. The Morgan fingerprint density at radius 1 is 1.44 bits per heavy atom. The van der Waals surface area contributed by atoms with Gasteiger partial charge in [-0.05, 0) is 23.8 Å². The smallest absolute Gasteiger partial charge is 0.295 e. The molecule has 2 heterocycles. The van der Waals surface area contributed by atoms with Crippen molar-refractivity contribution in [1.29, 1.82) is 0 Å². The maximum Gasteiger partial charge on any atom is 0.295 e. The van der Waals surface area contributed by atoms with E-state index < -0.39 is 5.91 Å². The lowest BCUT2D eigenvalue weighted by molar-refractivity contribution is 0.0993. The van der Waals surface area contributed by atoms with Gasteiger partial charge in [-0.1, -0.05) is 12.0 Å². The first-order valence-electron chi connectivity index (χ1n) is 5.63. The van der Waals surface area contributed by atoms with E-state index in [9.17, 15) is 4.79 Å². The van der Waals surface area contributed by atoms with Gasteiger partial charge >= 0.3 is 0 Å². The molecule has 2 aromatic heterocycles. The molecular weight excluding hydrogens is 236 g/mol. The number of aromatic nitrogens is 5. The fraction of sp³-hybridized carbons (Fsp3) is 0.500. The number of aryl methyl sites for hydroxylation is 3. The number of hydrogen-bond donors (Lipinski definition) is 1. The molecule has 0 atom stereocenters. The number of anilines is 1. The number of nitrogens with one attached hydrogen (secondary N) is 1. The largest absolute Gasteiger partial charge is 0.436 e. The number of amides is 1. The van der Waals surface area contributed by atoms with Gasteiger partial charge in [0.05, 0.1) is 5.69 Å². The first kappa shape index (κ1) is 12.2. The van der Waals surface area contributed by atoms with Gasteiger partial charge in [0.25, 0.3) is 5.91 Å². The van der Waals surface area contributed by atoms with Crippen molar-refractivity contribution >= 4 is 11.9 Å². The second-order valence-corrected chi connectivity index (χ2v) is 3.83. The van der Waals surface area contributed by atoms with Gasteiger partial charge in [0.2, 0.25) is 11.7 Å². The number of tetrazole rings is 1. The number of oxazole rings is 1. The van der Waals surface area contributed by atoms with E-state index in [1.54, 1.807) is 13.8 Å². The first-order chi connectivity index (χ1) is 8.61. The van der Waals surface area contributed by atoms with Gasteiger partial charge in [-0.25, -0.2) is 9.67 Å². The van der Waals surface area contributed by atoms with Gasteiger partial charge in [0.15, 0.2) is 5.89 Å². The third-order valence-electron chi connectivity index (χ3n) is 2.30. The van der Waals surface area contributed by atoms with Crippen LogP contribution >= 0.6 is 0 Å². The molecule has 0 bridgehead atoms. The fourth-order valence-corrected chi connectivity index (χ4v) is 1.56. The summed E-state index contributed by atoms with van der Waals surface area (Å²) < 4.78 is 6.75. The fourth-order valence-electron chi connectivity index (χ4n) is 1.56. The van der Waals surface area contributed by atoms with Crippen molar-refractivity contribution in [3.8, 4) is 0 Å². The predicted octanol–water partition coefficient (Wildman–Crippen LogP) is 0.940. The Morgan fingerprint density at radius 3 is 2.83 bits per heavy atom. The Balaban J connectivity index is 2.16. The van der Waals surface area contributed by atoms with Crippen LogP contribution in [0.4, 0.5) is 5.95 Å². The molecule has 0 fully saturated rings. The summed E-state index contributed by atoms with van der Waals surface area (Å²) in [5, 5.41) is 13.6. The highest BCUT2D eigenvalue weighted by Gasteiger charge is 2.18. The minimum absolute atomic E-state index is 0.179. The van der Waals surface area contributed by atoms with E-state index in [0.717, 1.165) is 6.42 Å². The summed E-state index contributed by atoms with van der Waals surface area (Å²) in [7, 11) is 0. The minimum Gasteiger partial charge on any atom is -0.436 e. The Labute approximate surface area is 103 Å². The Hall–Kier alpha value is -2.25. The summed E-state index contributed by atoms with van der Waals surface area (Å²) in [5.41, 5.74) is 0.541. The van der Waals surface area contributed by atoms with E-state index in [0.29, 0.717) is 24.1 Å². The topological polar surface area (TPSA) is 98.7 Å². The van der Waals surface area contributed by atoms with Gasteiger partial charge in [0.1, 0.15) is 0 Å². The van der Waals surface area contributed by atoms with Gasteiger partial charge in [0, 0.05) is 13.5 Å². The van der Waals surface area contributed by atoms with Crippen LogP contribution in [-0.2, 0) is 6.54 Å². The minimum atomic E-state index is -0.403. The lowest BCUT2D eigenvalue weighted by Crippen LogP contribution is -2.17. The standard InChI is InChI=1S/C10H14N6O2/c1-4-5-16-10(13-14-15-16)12-9(17)8-6(2)11-7(3)18-8/h4-5H2,1-3H3,(H,12,13,15,17). The number of nitrogens with zero attached hydrogens (tertiary/aromatic N) is 5. The molecular formula is C10H14N6O2. The molecule has 1 amide bonds. The second kappa shape index (κ2) is 4.94. The van der Waals surface area contributed by atoms with Crippen molar-refractivity contribution in [2.75, 3.05) is 5.32 Å². The van der Waals surface area contributed by atoms with Crippen LogP contribution in [0.25, 0.3) is 0 Å². The average Bonchev–Trinajstić information content (AvgIpc) is 2.87. The van der Waals surface area contributed by atoms with Gasteiger partial charge in [-0.15, -0.1) is 0 Å². The molecule has 0 aliphatic rings. The van der Waals surface area contributed by atoms with Crippen LogP contribution < -0.4 is 5.32 Å². The Morgan fingerprint density at radius 2 is 2.22 bits per heavy atom. The maximum atomic E-state index is 11.9. The van der Waals surface area contributed by atoms with Crippen molar-refractivity contribution in [1.82, 2.24) is 25.2 Å². The zero-order valence-corrected chi connectivity index (χ0v) is 10.5. The number of carbonyl (C=O) groups is 1. The zero-order chi connectivity index (χ0) is 13.1. The lowest BCUT2D eigenvalue weighted by atomic mass is 10.3. The maximum absolute atomic E-state index is 11.9. The number of carbonyl (C=O) groups excluding carboxylic acids is 1. The van der Waals surface area contributed by atoms with E-state index in [1.807, 2.05) is 6.92 Å². The predicted molar refractivity (Wildman–Crippen MR) is 62.0 cm³/mol. The van der Waals surface area contributed by atoms with Crippen molar-refractivity contribution < 1.29 is 9.21 Å². The second-order valence-electron chi connectivity index (χ2n) is 3.83. The monoisotopic (exact) mass is 250 g/mol.